The highest BCUT2D eigenvalue weighted by molar-refractivity contribution is 4.92. The van der Waals surface area contributed by atoms with Crippen LogP contribution in [0.15, 0.2) is 24.9 Å². The predicted octanol–water partition coefficient (Wildman–Crippen LogP) is 1.13. The minimum atomic E-state index is 0.270. The normalized spacial score (nSPS) is 9.00. The first-order valence-corrected chi connectivity index (χ1v) is 2.95. The van der Waals surface area contributed by atoms with Crippen molar-refractivity contribution in [3.05, 3.63) is 30.1 Å². The smallest absolute Gasteiger partial charge is 0.0854 e. The van der Waals surface area contributed by atoms with Gasteiger partial charge in [0.15, 0.2) is 0 Å². The molecule has 3 nitrogen and oxygen atoms in total. The fourth-order valence-corrected chi connectivity index (χ4v) is 0.351. The van der Waals surface area contributed by atoms with Crippen molar-refractivity contribution in [2.45, 2.75) is 0 Å². The average molecular weight is 142 g/mol. The Bertz CT molecular complexity index is 121. The molecule has 0 atom stereocenters. The van der Waals surface area contributed by atoms with E-state index in [-0.39, 0.29) is 6.61 Å². The summed E-state index contributed by atoms with van der Waals surface area (Å²) in [5.41, 5.74) is 0.418. The summed E-state index contributed by atoms with van der Waals surface area (Å²) in [6, 6.07) is 0. The molecule has 0 saturated heterocycles. The molecule has 0 aromatic rings. The molecule has 0 saturated carbocycles. The zero-order valence-electron chi connectivity index (χ0n) is 6.17. The molecule has 10 heavy (non-hydrogen) atoms. The predicted molar refractivity (Wildman–Crippen MR) is 41.3 cm³/mol. The molecule has 0 unspecified atom stereocenters. The number of hydrogen-bond donors (Lipinski definition) is 0. The van der Waals surface area contributed by atoms with Crippen molar-refractivity contribution in [1.82, 2.24) is 5.06 Å². The average Bonchev–Trinajstić information content (AvgIpc) is 1.88. The molecule has 0 aromatic carbocycles. The number of rotatable bonds is 5. The lowest BCUT2D eigenvalue weighted by Gasteiger charge is -2.26. The summed E-state index contributed by atoms with van der Waals surface area (Å²) >= 11 is 0. The Morgan fingerprint density at radius 2 is 2.40 bits per heavy atom. The molecule has 0 aromatic heterocycles. The third-order valence-corrected chi connectivity index (χ3v) is 0.950. The molecule has 0 fully saturated rings. The molecule has 0 aliphatic rings. The van der Waals surface area contributed by atoms with Gasteiger partial charge in [-0.3, -0.25) is 0 Å². The summed E-state index contributed by atoms with van der Waals surface area (Å²) in [6.45, 7) is 7.66. The van der Waals surface area contributed by atoms with E-state index in [4.69, 9.17) is 4.74 Å². The SMILES string of the molecule is C=CCOCC(=C)N(C)[O-]. The second-order valence-electron chi connectivity index (χ2n) is 1.87. The first-order chi connectivity index (χ1) is 4.68. The van der Waals surface area contributed by atoms with Crippen molar-refractivity contribution in [1.29, 1.82) is 0 Å². The summed E-state index contributed by atoms with van der Waals surface area (Å²) in [7, 11) is 1.39. The van der Waals surface area contributed by atoms with E-state index in [1.807, 2.05) is 0 Å². The quantitative estimate of drug-likeness (QED) is 0.328. The lowest BCUT2D eigenvalue weighted by molar-refractivity contribution is 0.172. The Labute approximate surface area is 61.2 Å². The Kier molecular flexibility index (Phi) is 4.62. The van der Waals surface area contributed by atoms with Gasteiger partial charge >= 0.3 is 0 Å². The maximum atomic E-state index is 10.4. The number of hydrogen-bond acceptors (Lipinski definition) is 3. The molecule has 58 valence electrons. The zero-order valence-corrected chi connectivity index (χ0v) is 6.17. The van der Waals surface area contributed by atoms with Crippen molar-refractivity contribution in [2.75, 3.05) is 20.3 Å². The number of likely N-dealkylation sites (N-methyl/N-ethyl adjacent to an activating group) is 1. The van der Waals surface area contributed by atoms with Gasteiger partial charge in [0, 0.05) is 5.70 Å². The van der Waals surface area contributed by atoms with Gasteiger partial charge in [-0.15, -0.1) is 6.58 Å². The second-order valence-corrected chi connectivity index (χ2v) is 1.87. The van der Waals surface area contributed by atoms with E-state index in [0.717, 1.165) is 0 Å². The van der Waals surface area contributed by atoms with Gasteiger partial charge in [-0.25, -0.2) is 0 Å². The van der Waals surface area contributed by atoms with Crippen LogP contribution in [0, 0.1) is 5.21 Å². The van der Waals surface area contributed by atoms with Crippen LogP contribution in [0.25, 0.3) is 0 Å². The third kappa shape index (κ3) is 4.12. The third-order valence-electron chi connectivity index (χ3n) is 0.950. The van der Waals surface area contributed by atoms with E-state index in [1.165, 1.54) is 7.05 Å². The molecule has 0 radical (unpaired) electrons. The fraction of sp³-hybridized carbons (Fsp3) is 0.429. The van der Waals surface area contributed by atoms with Gasteiger partial charge in [0.1, 0.15) is 0 Å². The van der Waals surface area contributed by atoms with Crippen LogP contribution in [0.1, 0.15) is 0 Å². The fourth-order valence-electron chi connectivity index (χ4n) is 0.351. The maximum Gasteiger partial charge on any atom is 0.0854 e. The monoisotopic (exact) mass is 142 g/mol. The molecule has 0 N–H and O–H groups in total. The molecular formula is C7H12NO2-. The topological polar surface area (TPSA) is 35.5 Å². The van der Waals surface area contributed by atoms with E-state index in [2.05, 4.69) is 13.2 Å². The van der Waals surface area contributed by atoms with Crippen molar-refractivity contribution in [3.8, 4) is 0 Å². The van der Waals surface area contributed by atoms with Crippen LogP contribution < -0.4 is 0 Å². The summed E-state index contributed by atoms with van der Waals surface area (Å²) in [5, 5.41) is 11.1. The van der Waals surface area contributed by atoms with Crippen molar-refractivity contribution in [2.24, 2.45) is 0 Å². The number of hydroxylamine groups is 2. The molecule has 0 spiro atoms. The second kappa shape index (κ2) is 5.02. The van der Waals surface area contributed by atoms with Gasteiger partial charge in [0.25, 0.3) is 0 Å². The minimum Gasteiger partial charge on any atom is -0.759 e. The lowest BCUT2D eigenvalue weighted by atomic mass is 10.5. The standard InChI is InChI=1S/C7H12NO2/c1-4-5-10-6-7(2)8(3)9/h4H,1-2,5-6H2,3H3/q-1. The van der Waals surface area contributed by atoms with Gasteiger partial charge in [0.05, 0.1) is 13.2 Å². The highest BCUT2D eigenvalue weighted by atomic mass is 16.5. The zero-order chi connectivity index (χ0) is 7.98. The van der Waals surface area contributed by atoms with E-state index >= 15 is 0 Å². The van der Waals surface area contributed by atoms with E-state index < -0.39 is 0 Å². The molecule has 0 amide bonds. The van der Waals surface area contributed by atoms with Gasteiger partial charge in [-0.2, -0.15) is 0 Å². The van der Waals surface area contributed by atoms with Gasteiger partial charge < -0.3 is 15.0 Å². The van der Waals surface area contributed by atoms with Crippen LogP contribution in [0.2, 0.25) is 0 Å². The van der Waals surface area contributed by atoms with Crippen LogP contribution in [0.5, 0.6) is 0 Å². The summed E-state index contributed by atoms with van der Waals surface area (Å²) in [5.74, 6) is 0. The molecule has 0 aliphatic carbocycles. The first kappa shape index (κ1) is 9.20. The van der Waals surface area contributed by atoms with Crippen LogP contribution >= 0.6 is 0 Å². The molecular weight excluding hydrogens is 130 g/mol. The Morgan fingerprint density at radius 3 is 2.80 bits per heavy atom. The van der Waals surface area contributed by atoms with Gasteiger partial charge in [-0.05, 0) is 7.05 Å². The molecule has 0 bridgehead atoms. The highest BCUT2D eigenvalue weighted by Crippen LogP contribution is 1.95. The van der Waals surface area contributed by atoms with E-state index in [0.29, 0.717) is 17.4 Å². The Balaban J connectivity index is 3.30. The molecule has 0 heterocycles. The number of ether oxygens (including phenoxy) is 1. The van der Waals surface area contributed by atoms with Gasteiger partial charge in [-0.1, -0.05) is 12.7 Å². The Hall–Kier alpha value is -0.800. The minimum absolute atomic E-state index is 0.270. The van der Waals surface area contributed by atoms with Crippen molar-refractivity contribution < 1.29 is 4.74 Å². The molecule has 3 heteroatoms. The van der Waals surface area contributed by atoms with Gasteiger partial charge in [0.2, 0.25) is 0 Å². The number of nitrogens with zero attached hydrogens (tertiary/aromatic N) is 1. The first-order valence-electron chi connectivity index (χ1n) is 2.95. The van der Waals surface area contributed by atoms with Crippen molar-refractivity contribution >= 4 is 0 Å². The Morgan fingerprint density at radius 1 is 1.80 bits per heavy atom. The highest BCUT2D eigenvalue weighted by Gasteiger charge is 1.89. The van der Waals surface area contributed by atoms with E-state index in [1.54, 1.807) is 6.08 Å². The van der Waals surface area contributed by atoms with Crippen LogP contribution in [0.4, 0.5) is 0 Å². The van der Waals surface area contributed by atoms with Crippen LogP contribution in [-0.4, -0.2) is 25.3 Å². The molecule has 0 aliphatic heterocycles. The molecule has 0 rings (SSSR count). The largest absolute Gasteiger partial charge is 0.759 e. The van der Waals surface area contributed by atoms with E-state index in [9.17, 15) is 5.21 Å². The summed E-state index contributed by atoms with van der Waals surface area (Å²) < 4.78 is 4.95. The lowest BCUT2D eigenvalue weighted by Crippen LogP contribution is -2.12. The maximum absolute atomic E-state index is 10.4. The summed E-state index contributed by atoms with van der Waals surface area (Å²) in [4.78, 5) is 0. The van der Waals surface area contributed by atoms with Crippen molar-refractivity contribution in [3.63, 3.8) is 0 Å². The summed E-state index contributed by atoms with van der Waals surface area (Å²) in [6.07, 6.45) is 1.62. The van der Waals surface area contributed by atoms with Crippen LogP contribution in [-0.2, 0) is 4.74 Å². The van der Waals surface area contributed by atoms with Crippen LogP contribution in [0.3, 0.4) is 0 Å².